The number of hydrogen-bond acceptors (Lipinski definition) is 3. The highest BCUT2D eigenvalue weighted by Gasteiger charge is 2.22. The van der Waals surface area contributed by atoms with Crippen molar-refractivity contribution in [3.8, 4) is 0 Å². The minimum absolute atomic E-state index is 0.0910. The Morgan fingerprint density at radius 3 is 2.90 bits per heavy atom. The molecule has 0 radical (unpaired) electrons. The summed E-state index contributed by atoms with van der Waals surface area (Å²) in [6, 6.07) is 9.63. The molecule has 102 valence electrons. The normalized spacial score (nSPS) is 12.5. The molecule has 0 aliphatic heterocycles. The lowest BCUT2D eigenvalue weighted by Gasteiger charge is -2.22. The monoisotopic (exact) mass is 269 g/mol. The van der Waals surface area contributed by atoms with Gasteiger partial charge in [-0.05, 0) is 19.1 Å². The number of furan rings is 1. The molecule has 0 saturated carbocycles. The number of carbonyl (C=O) groups is 1. The van der Waals surface area contributed by atoms with Crippen LogP contribution in [0.1, 0.15) is 29.1 Å². The van der Waals surface area contributed by atoms with Gasteiger partial charge < -0.3 is 9.32 Å². The third-order valence-electron chi connectivity index (χ3n) is 3.50. The molecular weight excluding hydrogens is 254 g/mol. The van der Waals surface area contributed by atoms with E-state index < -0.39 is 0 Å². The molecule has 3 aromatic rings. The molecule has 1 N–H and O–H groups in total. The summed E-state index contributed by atoms with van der Waals surface area (Å²) in [4.78, 5) is 13.9. The van der Waals surface area contributed by atoms with E-state index in [9.17, 15) is 4.79 Å². The molecule has 1 aromatic carbocycles. The summed E-state index contributed by atoms with van der Waals surface area (Å²) in [6.07, 6.45) is 3.11. The Bertz CT molecular complexity index is 698. The van der Waals surface area contributed by atoms with E-state index in [1.165, 1.54) is 6.20 Å². The molecule has 5 heteroatoms. The van der Waals surface area contributed by atoms with Crippen molar-refractivity contribution in [1.29, 1.82) is 0 Å². The van der Waals surface area contributed by atoms with Crippen LogP contribution in [0, 0.1) is 0 Å². The van der Waals surface area contributed by atoms with Gasteiger partial charge in [-0.25, -0.2) is 0 Å². The predicted octanol–water partition coefficient (Wildman–Crippen LogP) is 2.99. The Morgan fingerprint density at radius 1 is 1.40 bits per heavy atom. The molecule has 0 saturated heterocycles. The second-order valence-corrected chi connectivity index (χ2v) is 4.77. The Hall–Kier alpha value is -2.56. The molecule has 0 fully saturated rings. The molecule has 20 heavy (non-hydrogen) atoms. The van der Waals surface area contributed by atoms with Crippen molar-refractivity contribution in [1.82, 2.24) is 15.1 Å². The number of hydrogen-bond donors (Lipinski definition) is 1. The summed E-state index contributed by atoms with van der Waals surface area (Å²) in [6.45, 7) is 1.94. The third kappa shape index (κ3) is 2.07. The summed E-state index contributed by atoms with van der Waals surface area (Å²) in [5.41, 5.74) is 1.37. The van der Waals surface area contributed by atoms with Crippen LogP contribution in [0.4, 0.5) is 0 Å². The lowest BCUT2D eigenvalue weighted by molar-refractivity contribution is 0.0727. The number of para-hydroxylation sites is 1. The van der Waals surface area contributed by atoms with E-state index in [1.54, 1.807) is 18.1 Å². The molecule has 1 unspecified atom stereocenters. The number of H-pyrrole nitrogens is 1. The van der Waals surface area contributed by atoms with Crippen molar-refractivity contribution in [2.45, 2.75) is 13.0 Å². The molecule has 0 bridgehead atoms. The summed E-state index contributed by atoms with van der Waals surface area (Å²) < 4.78 is 5.80. The number of carbonyl (C=O) groups excluding carboxylic acids is 1. The minimum Gasteiger partial charge on any atom is -0.459 e. The molecule has 1 amide bonds. The van der Waals surface area contributed by atoms with Crippen LogP contribution in [0.5, 0.6) is 0 Å². The number of rotatable bonds is 3. The first kappa shape index (κ1) is 12.5. The summed E-state index contributed by atoms with van der Waals surface area (Å²) in [5, 5.41) is 7.48. The van der Waals surface area contributed by atoms with Crippen LogP contribution in [-0.2, 0) is 0 Å². The van der Waals surface area contributed by atoms with Crippen LogP contribution >= 0.6 is 0 Å². The standard InChI is InChI=1S/C15H15N3O2/c1-10(18(2)15(19)12-8-16-17-9-12)14-7-11-5-3-4-6-13(11)20-14/h3-10H,1-2H3,(H,16,17). The van der Waals surface area contributed by atoms with Crippen molar-refractivity contribution in [3.05, 3.63) is 54.0 Å². The molecule has 1 atom stereocenters. The number of nitrogens with zero attached hydrogens (tertiary/aromatic N) is 2. The van der Waals surface area contributed by atoms with Gasteiger partial charge in [0.25, 0.3) is 5.91 Å². The number of fused-ring (bicyclic) bond motifs is 1. The Balaban J connectivity index is 1.87. The SMILES string of the molecule is CC(c1cc2ccccc2o1)N(C)C(=O)c1cn[nH]c1. The van der Waals surface area contributed by atoms with Gasteiger partial charge in [-0.3, -0.25) is 9.89 Å². The number of nitrogens with one attached hydrogen (secondary N) is 1. The Labute approximate surface area is 116 Å². The van der Waals surface area contributed by atoms with Gasteiger partial charge in [-0.15, -0.1) is 0 Å². The highest BCUT2D eigenvalue weighted by Crippen LogP contribution is 2.27. The molecule has 5 nitrogen and oxygen atoms in total. The van der Waals surface area contributed by atoms with Crippen molar-refractivity contribution < 1.29 is 9.21 Å². The fourth-order valence-corrected chi connectivity index (χ4v) is 2.15. The van der Waals surface area contributed by atoms with Gasteiger partial charge in [0.1, 0.15) is 11.3 Å². The van der Waals surface area contributed by atoms with E-state index in [0.717, 1.165) is 16.7 Å². The van der Waals surface area contributed by atoms with E-state index in [-0.39, 0.29) is 11.9 Å². The summed E-state index contributed by atoms with van der Waals surface area (Å²) in [5.74, 6) is 0.678. The highest BCUT2D eigenvalue weighted by atomic mass is 16.3. The van der Waals surface area contributed by atoms with Gasteiger partial charge in [0.15, 0.2) is 0 Å². The van der Waals surface area contributed by atoms with E-state index in [2.05, 4.69) is 10.2 Å². The smallest absolute Gasteiger partial charge is 0.257 e. The second kappa shape index (κ2) is 4.85. The minimum atomic E-state index is -0.148. The maximum absolute atomic E-state index is 12.3. The van der Waals surface area contributed by atoms with Crippen molar-refractivity contribution in [2.24, 2.45) is 0 Å². The zero-order valence-electron chi connectivity index (χ0n) is 11.3. The first-order chi connectivity index (χ1) is 9.66. The molecule has 0 spiro atoms. The first-order valence-corrected chi connectivity index (χ1v) is 6.41. The van der Waals surface area contributed by atoms with Gasteiger partial charge in [0, 0.05) is 18.6 Å². The number of aromatic nitrogens is 2. The lowest BCUT2D eigenvalue weighted by Crippen LogP contribution is -2.29. The van der Waals surface area contributed by atoms with Crippen molar-refractivity contribution in [2.75, 3.05) is 7.05 Å². The van der Waals surface area contributed by atoms with Gasteiger partial charge in [-0.1, -0.05) is 18.2 Å². The molecule has 2 aromatic heterocycles. The predicted molar refractivity (Wildman–Crippen MR) is 75.3 cm³/mol. The van der Waals surface area contributed by atoms with Crippen LogP contribution in [0.25, 0.3) is 11.0 Å². The average Bonchev–Trinajstić information content (AvgIpc) is 3.13. The number of aromatic amines is 1. The maximum atomic E-state index is 12.3. The first-order valence-electron chi connectivity index (χ1n) is 6.41. The van der Waals surface area contributed by atoms with Crippen LogP contribution in [0.15, 0.2) is 47.1 Å². The average molecular weight is 269 g/mol. The molecule has 2 heterocycles. The summed E-state index contributed by atoms with van der Waals surface area (Å²) in [7, 11) is 1.76. The van der Waals surface area contributed by atoms with E-state index in [1.807, 2.05) is 37.3 Å². The van der Waals surface area contributed by atoms with Gasteiger partial charge >= 0.3 is 0 Å². The zero-order chi connectivity index (χ0) is 14.1. The van der Waals surface area contributed by atoms with E-state index in [4.69, 9.17) is 4.42 Å². The van der Waals surface area contributed by atoms with E-state index >= 15 is 0 Å². The molecule has 3 rings (SSSR count). The van der Waals surface area contributed by atoms with Crippen LogP contribution < -0.4 is 0 Å². The topological polar surface area (TPSA) is 62.1 Å². The third-order valence-corrected chi connectivity index (χ3v) is 3.50. The second-order valence-electron chi connectivity index (χ2n) is 4.77. The largest absolute Gasteiger partial charge is 0.459 e. The number of amides is 1. The Kier molecular flexibility index (Phi) is 3.02. The lowest BCUT2D eigenvalue weighted by atomic mass is 10.2. The number of benzene rings is 1. The zero-order valence-corrected chi connectivity index (χ0v) is 11.3. The fraction of sp³-hybridized carbons (Fsp3) is 0.200. The van der Waals surface area contributed by atoms with Crippen molar-refractivity contribution in [3.63, 3.8) is 0 Å². The maximum Gasteiger partial charge on any atom is 0.257 e. The van der Waals surface area contributed by atoms with Crippen LogP contribution in [0.3, 0.4) is 0 Å². The van der Waals surface area contributed by atoms with Gasteiger partial charge in [0.2, 0.25) is 0 Å². The fourth-order valence-electron chi connectivity index (χ4n) is 2.15. The van der Waals surface area contributed by atoms with Crippen LogP contribution in [-0.4, -0.2) is 28.1 Å². The molecular formula is C15H15N3O2. The Morgan fingerprint density at radius 2 is 2.20 bits per heavy atom. The summed E-state index contributed by atoms with van der Waals surface area (Å²) >= 11 is 0. The molecule has 0 aliphatic rings. The van der Waals surface area contributed by atoms with Crippen LogP contribution in [0.2, 0.25) is 0 Å². The van der Waals surface area contributed by atoms with E-state index in [0.29, 0.717) is 5.56 Å². The highest BCUT2D eigenvalue weighted by molar-refractivity contribution is 5.93. The van der Waals surface area contributed by atoms with Crippen molar-refractivity contribution >= 4 is 16.9 Å². The molecule has 0 aliphatic carbocycles. The van der Waals surface area contributed by atoms with Gasteiger partial charge in [0.05, 0.1) is 17.8 Å². The quantitative estimate of drug-likeness (QED) is 0.795. The van der Waals surface area contributed by atoms with Gasteiger partial charge in [-0.2, -0.15) is 5.10 Å².